The molecule has 232 valence electrons. The Balaban J connectivity index is 1.75. The van der Waals surface area contributed by atoms with Crippen molar-refractivity contribution >= 4 is 39.4 Å². The third kappa shape index (κ3) is 7.97. The normalized spacial score (nSPS) is 22.3. The molecule has 2 amide bonds. The van der Waals surface area contributed by atoms with Gasteiger partial charge in [-0.25, -0.2) is 17.9 Å². The molecule has 0 saturated heterocycles. The molecular weight excluding hydrogens is 602 g/mol. The summed E-state index contributed by atoms with van der Waals surface area (Å²) >= 11 is 6.21. The fourth-order valence-electron chi connectivity index (χ4n) is 6.11. The van der Waals surface area contributed by atoms with Gasteiger partial charge in [0.15, 0.2) is 0 Å². The number of nitrogens with zero attached hydrogens (tertiary/aromatic N) is 1. The van der Waals surface area contributed by atoms with Crippen LogP contribution in [-0.4, -0.2) is 62.6 Å². The first-order valence-electron chi connectivity index (χ1n) is 14.4. The zero-order valence-electron chi connectivity index (χ0n) is 24.7. The molecule has 0 radical (unpaired) electrons. The van der Waals surface area contributed by atoms with Gasteiger partial charge in [-0.1, -0.05) is 66.8 Å². The van der Waals surface area contributed by atoms with E-state index in [9.17, 15) is 22.8 Å². The topological polar surface area (TPSA) is 122 Å². The summed E-state index contributed by atoms with van der Waals surface area (Å²) in [7, 11) is -2.26. The summed E-state index contributed by atoms with van der Waals surface area (Å²) in [5, 5.41) is 3.32. The number of ether oxygens (including phenoxy) is 1. The zero-order valence-corrected chi connectivity index (χ0v) is 26.2. The van der Waals surface area contributed by atoms with E-state index in [2.05, 4.69) is 16.0 Å². The number of hydrogen-bond acceptors (Lipinski definition) is 6. The molecule has 1 heterocycles. The van der Waals surface area contributed by atoms with Crippen LogP contribution in [0.1, 0.15) is 69.9 Å². The monoisotopic (exact) mass is 637 g/mol. The number of hydrogen-bond donors (Lipinski definition) is 2. The van der Waals surface area contributed by atoms with E-state index in [1.807, 2.05) is 0 Å². The molecule has 0 unspecified atom stereocenters. The van der Waals surface area contributed by atoms with Gasteiger partial charge in [-0.3, -0.25) is 9.59 Å². The number of fused-ring (bicyclic) bond motifs is 1. The van der Waals surface area contributed by atoms with Gasteiger partial charge in [-0.2, -0.15) is 0 Å². The predicted octanol–water partition coefficient (Wildman–Crippen LogP) is 4.26. The first-order valence-corrected chi connectivity index (χ1v) is 16.6. The standard InChI is InChI=1S/C33H36ClN3O6S/c1-4-11-24(34)14-10-19-29-30(31(38)35-21-22-12-9-13-23(20-22)33(40)43-2)25-15-5-6-16-26(25)32(39)37(29)28-18-8-7-17-27(28)36-44(3,41)42/h1,5-6,9-16,20,27-30,36H,7-8,17-19,21H2,2-3H3,(H,35,38)/b14-10-,24-11+/t27-,28-,29-,30+/m0/s1. The Bertz CT molecular complexity index is 1610. The minimum atomic E-state index is -3.56. The summed E-state index contributed by atoms with van der Waals surface area (Å²) in [6.07, 6.45) is 14.3. The van der Waals surface area contributed by atoms with Gasteiger partial charge in [0.05, 0.1) is 30.9 Å². The fraction of sp³-hybridized carbons (Fsp3) is 0.364. The highest BCUT2D eigenvalue weighted by atomic mass is 35.5. The molecule has 9 nitrogen and oxygen atoms in total. The molecule has 4 atom stereocenters. The van der Waals surface area contributed by atoms with Crippen molar-refractivity contribution in [2.24, 2.45) is 0 Å². The average Bonchev–Trinajstić information content (AvgIpc) is 3.00. The van der Waals surface area contributed by atoms with Crippen molar-refractivity contribution in [1.29, 1.82) is 0 Å². The number of carbonyl (C=O) groups is 3. The number of methoxy groups -OCH3 is 1. The summed E-state index contributed by atoms with van der Waals surface area (Å²) in [5.74, 6) is 0.530. The second kappa shape index (κ2) is 14.7. The highest BCUT2D eigenvalue weighted by Crippen LogP contribution is 2.40. The number of esters is 1. The molecular formula is C33H36ClN3O6S. The molecule has 11 heteroatoms. The van der Waals surface area contributed by atoms with Crippen molar-refractivity contribution in [3.05, 3.63) is 94.0 Å². The molecule has 4 rings (SSSR count). The van der Waals surface area contributed by atoms with Gasteiger partial charge in [0.1, 0.15) is 0 Å². The molecule has 2 N–H and O–H groups in total. The predicted molar refractivity (Wildman–Crippen MR) is 169 cm³/mol. The van der Waals surface area contributed by atoms with E-state index in [1.165, 1.54) is 13.2 Å². The Morgan fingerprint density at radius 3 is 2.64 bits per heavy atom. The largest absolute Gasteiger partial charge is 0.465 e. The average molecular weight is 638 g/mol. The van der Waals surface area contributed by atoms with E-state index in [4.69, 9.17) is 22.8 Å². The Labute approximate surface area is 263 Å². The number of amides is 2. The number of terminal acetylenes is 1. The summed E-state index contributed by atoms with van der Waals surface area (Å²) in [6, 6.07) is 12.2. The number of halogens is 1. The second-order valence-electron chi connectivity index (χ2n) is 10.9. The summed E-state index contributed by atoms with van der Waals surface area (Å²) in [6.45, 7) is 0.136. The van der Waals surface area contributed by atoms with Crippen LogP contribution in [0.5, 0.6) is 0 Å². The van der Waals surface area contributed by atoms with E-state index in [-0.39, 0.29) is 24.8 Å². The van der Waals surface area contributed by atoms with Crippen LogP contribution in [0.4, 0.5) is 0 Å². The summed E-state index contributed by atoms with van der Waals surface area (Å²) in [4.78, 5) is 42.1. The summed E-state index contributed by atoms with van der Waals surface area (Å²) in [5.41, 5.74) is 2.04. The smallest absolute Gasteiger partial charge is 0.337 e. The van der Waals surface area contributed by atoms with Gasteiger partial charge >= 0.3 is 5.97 Å². The van der Waals surface area contributed by atoms with Crippen molar-refractivity contribution in [1.82, 2.24) is 14.9 Å². The number of carbonyl (C=O) groups excluding carboxylic acids is 3. The SMILES string of the molecule is C#C/C=C(Cl)\C=C/C[C@H]1[C@H](C(=O)NCc2cccc(C(=O)OC)c2)c2ccccc2C(=O)N1[C@H]1CCCC[C@@H]1NS(C)(=O)=O. The third-order valence-corrected chi connectivity index (χ3v) is 8.89. The maximum Gasteiger partial charge on any atom is 0.337 e. The number of benzene rings is 2. The van der Waals surface area contributed by atoms with E-state index < -0.39 is 40.0 Å². The van der Waals surface area contributed by atoms with Crippen LogP contribution < -0.4 is 10.0 Å². The number of sulfonamides is 1. The van der Waals surface area contributed by atoms with Crippen LogP contribution in [0.25, 0.3) is 0 Å². The van der Waals surface area contributed by atoms with Crippen LogP contribution in [0.15, 0.2) is 71.8 Å². The molecule has 44 heavy (non-hydrogen) atoms. The van der Waals surface area contributed by atoms with Crippen molar-refractivity contribution in [3.8, 4) is 12.3 Å². The Morgan fingerprint density at radius 2 is 1.91 bits per heavy atom. The Kier molecular flexibility index (Phi) is 11.0. The number of nitrogens with one attached hydrogen (secondary N) is 2. The summed E-state index contributed by atoms with van der Waals surface area (Å²) < 4.78 is 32.2. The zero-order chi connectivity index (χ0) is 31.9. The van der Waals surface area contributed by atoms with Gasteiger partial charge in [-0.05, 0) is 54.7 Å². The molecule has 0 bridgehead atoms. The van der Waals surface area contributed by atoms with Crippen molar-refractivity contribution in [3.63, 3.8) is 0 Å². The highest BCUT2D eigenvalue weighted by molar-refractivity contribution is 7.88. The van der Waals surface area contributed by atoms with Crippen LogP contribution in [0, 0.1) is 12.3 Å². The maximum atomic E-state index is 14.2. The van der Waals surface area contributed by atoms with Crippen LogP contribution in [-0.2, 0) is 26.1 Å². The lowest BCUT2D eigenvalue weighted by molar-refractivity contribution is -0.124. The van der Waals surface area contributed by atoms with Crippen molar-refractivity contribution in [2.75, 3.05) is 13.4 Å². The first-order chi connectivity index (χ1) is 21.0. The molecule has 1 fully saturated rings. The molecule has 2 aromatic carbocycles. The number of rotatable bonds is 10. The van der Waals surface area contributed by atoms with Crippen LogP contribution in [0.2, 0.25) is 0 Å². The number of allylic oxidation sites excluding steroid dienone is 3. The fourth-order valence-corrected chi connectivity index (χ4v) is 7.09. The van der Waals surface area contributed by atoms with Gasteiger partial charge in [0.2, 0.25) is 15.9 Å². The molecule has 2 aliphatic rings. The molecule has 0 spiro atoms. The van der Waals surface area contributed by atoms with E-state index in [0.29, 0.717) is 40.1 Å². The Hall–Kier alpha value is -3.91. The lowest BCUT2D eigenvalue weighted by atomic mass is 9.77. The highest BCUT2D eigenvalue weighted by Gasteiger charge is 2.47. The van der Waals surface area contributed by atoms with Gasteiger partial charge in [0, 0.05) is 35.3 Å². The minimum Gasteiger partial charge on any atom is -0.465 e. The van der Waals surface area contributed by atoms with Crippen LogP contribution >= 0.6 is 11.6 Å². The van der Waals surface area contributed by atoms with E-state index in [0.717, 1.165) is 19.1 Å². The molecule has 1 saturated carbocycles. The molecule has 2 aromatic rings. The second-order valence-corrected chi connectivity index (χ2v) is 13.2. The third-order valence-electron chi connectivity index (χ3n) is 7.93. The lowest BCUT2D eigenvalue weighted by Gasteiger charge is -2.48. The quantitative estimate of drug-likeness (QED) is 0.228. The molecule has 0 aromatic heterocycles. The lowest BCUT2D eigenvalue weighted by Crippen LogP contribution is -2.62. The van der Waals surface area contributed by atoms with Gasteiger partial charge in [0.25, 0.3) is 5.91 Å². The molecule has 1 aliphatic carbocycles. The Morgan fingerprint density at radius 1 is 1.16 bits per heavy atom. The maximum absolute atomic E-state index is 14.2. The molecule has 1 aliphatic heterocycles. The van der Waals surface area contributed by atoms with Crippen molar-refractivity contribution < 1.29 is 27.5 Å². The van der Waals surface area contributed by atoms with Gasteiger partial charge < -0.3 is 15.0 Å². The van der Waals surface area contributed by atoms with Crippen molar-refractivity contribution in [2.45, 2.75) is 62.7 Å². The van der Waals surface area contributed by atoms with Crippen LogP contribution in [0.3, 0.4) is 0 Å². The van der Waals surface area contributed by atoms with E-state index in [1.54, 1.807) is 65.6 Å². The van der Waals surface area contributed by atoms with Gasteiger partial charge in [-0.15, -0.1) is 6.42 Å². The first kappa shape index (κ1) is 33.0. The minimum absolute atomic E-state index is 0.136. The van der Waals surface area contributed by atoms with E-state index >= 15 is 0 Å².